The molecule has 0 saturated heterocycles. The number of hydrogen-bond acceptors (Lipinski definition) is 5. The summed E-state index contributed by atoms with van der Waals surface area (Å²) >= 11 is 7.55. The molecule has 3 heterocycles. The number of carbonyl (C=O) groups is 1. The van der Waals surface area contributed by atoms with Crippen LogP contribution >= 0.6 is 22.9 Å². The summed E-state index contributed by atoms with van der Waals surface area (Å²) < 4.78 is 0. The van der Waals surface area contributed by atoms with Crippen LogP contribution in [-0.2, 0) is 0 Å². The third-order valence-electron chi connectivity index (χ3n) is 3.98. The molecule has 1 atom stereocenters. The Hall–Kier alpha value is -2.18. The molecule has 0 radical (unpaired) electrons. The van der Waals surface area contributed by atoms with Crippen molar-refractivity contribution in [1.29, 1.82) is 0 Å². The van der Waals surface area contributed by atoms with Crippen LogP contribution in [0, 0.1) is 13.8 Å². The Morgan fingerprint density at radius 3 is 2.67 bits per heavy atom. The molecule has 0 aliphatic carbocycles. The van der Waals surface area contributed by atoms with E-state index in [1.54, 1.807) is 12.4 Å². The van der Waals surface area contributed by atoms with E-state index in [0.717, 1.165) is 27.0 Å². The van der Waals surface area contributed by atoms with Gasteiger partial charge in [-0.2, -0.15) is 0 Å². The van der Waals surface area contributed by atoms with Crippen LogP contribution in [0.2, 0.25) is 5.02 Å². The second-order valence-corrected chi connectivity index (χ2v) is 7.01. The molecule has 0 fully saturated rings. The summed E-state index contributed by atoms with van der Waals surface area (Å²) in [6.45, 7) is 5.65. The van der Waals surface area contributed by atoms with Gasteiger partial charge in [0.05, 0.1) is 22.4 Å². The molecule has 124 valence electrons. The Balaban J connectivity index is 1.96. The number of nitrogens with two attached hydrogens (primary N) is 1. The molecule has 5 nitrogen and oxygen atoms in total. The number of pyridine rings is 2. The number of aryl methyl sites for hydroxylation is 2. The van der Waals surface area contributed by atoms with Gasteiger partial charge in [0.25, 0.3) is 5.91 Å². The average Bonchev–Trinajstić information content (AvgIpc) is 2.90. The van der Waals surface area contributed by atoms with Crippen LogP contribution in [-0.4, -0.2) is 15.9 Å². The summed E-state index contributed by atoms with van der Waals surface area (Å²) in [5.74, 6) is -0.215. The predicted octanol–water partition coefficient (Wildman–Crippen LogP) is 4.03. The number of nitrogens with zero attached hydrogens (tertiary/aromatic N) is 2. The molecule has 1 unspecified atom stereocenters. The van der Waals surface area contributed by atoms with Gasteiger partial charge in [-0.25, -0.2) is 4.98 Å². The van der Waals surface area contributed by atoms with Crippen molar-refractivity contribution in [2.75, 3.05) is 5.73 Å². The summed E-state index contributed by atoms with van der Waals surface area (Å²) in [6.07, 6.45) is 3.40. The fourth-order valence-electron chi connectivity index (χ4n) is 2.62. The molecule has 3 aromatic heterocycles. The summed E-state index contributed by atoms with van der Waals surface area (Å²) in [5.41, 5.74) is 9.22. The van der Waals surface area contributed by atoms with Gasteiger partial charge < -0.3 is 11.1 Å². The van der Waals surface area contributed by atoms with Crippen LogP contribution in [0.4, 0.5) is 5.69 Å². The van der Waals surface area contributed by atoms with Crippen molar-refractivity contribution < 1.29 is 4.79 Å². The van der Waals surface area contributed by atoms with Crippen LogP contribution in [0.1, 0.15) is 39.5 Å². The van der Waals surface area contributed by atoms with Crippen LogP contribution in [0.5, 0.6) is 0 Å². The van der Waals surface area contributed by atoms with Gasteiger partial charge in [0.15, 0.2) is 0 Å². The lowest BCUT2D eigenvalue weighted by Gasteiger charge is -2.13. The van der Waals surface area contributed by atoms with E-state index in [9.17, 15) is 4.79 Å². The highest BCUT2D eigenvalue weighted by molar-refractivity contribution is 7.21. The van der Waals surface area contributed by atoms with Gasteiger partial charge in [-0.05, 0) is 44.0 Å². The number of halogens is 1. The smallest absolute Gasteiger partial charge is 0.264 e. The van der Waals surface area contributed by atoms with Crippen molar-refractivity contribution in [2.24, 2.45) is 0 Å². The summed E-state index contributed by atoms with van der Waals surface area (Å²) in [4.78, 5) is 22.3. The van der Waals surface area contributed by atoms with E-state index in [1.807, 2.05) is 32.9 Å². The van der Waals surface area contributed by atoms with Crippen LogP contribution in [0.25, 0.3) is 10.2 Å². The first kappa shape index (κ1) is 16.7. The number of hydrogen-bond donors (Lipinski definition) is 2. The first-order valence-electron chi connectivity index (χ1n) is 7.45. The zero-order chi connectivity index (χ0) is 17.4. The van der Waals surface area contributed by atoms with Gasteiger partial charge in [0.2, 0.25) is 0 Å². The maximum atomic E-state index is 12.6. The second-order valence-electron chi connectivity index (χ2n) is 5.64. The van der Waals surface area contributed by atoms with Crippen LogP contribution < -0.4 is 11.1 Å². The molecular formula is C17H17ClN4OS. The molecule has 1 amide bonds. The van der Waals surface area contributed by atoms with Crippen molar-refractivity contribution in [1.82, 2.24) is 15.3 Å². The Labute approximate surface area is 148 Å². The Morgan fingerprint density at radius 1 is 1.33 bits per heavy atom. The zero-order valence-corrected chi connectivity index (χ0v) is 15.1. The van der Waals surface area contributed by atoms with Crippen LogP contribution in [0.3, 0.4) is 0 Å². The second kappa shape index (κ2) is 6.37. The molecule has 0 aliphatic heterocycles. The monoisotopic (exact) mass is 360 g/mol. The molecule has 0 spiro atoms. The van der Waals surface area contributed by atoms with Crippen molar-refractivity contribution in [2.45, 2.75) is 26.8 Å². The van der Waals surface area contributed by atoms with Gasteiger partial charge in [-0.3, -0.25) is 9.78 Å². The van der Waals surface area contributed by atoms with E-state index in [0.29, 0.717) is 15.6 Å². The Kier molecular flexibility index (Phi) is 4.43. The van der Waals surface area contributed by atoms with E-state index in [4.69, 9.17) is 17.3 Å². The number of fused-ring (bicyclic) bond motifs is 1. The van der Waals surface area contributed by atoms with Crippen LogP contribution in [0.15, 0.2) is 24.5 Å². The van der Waals surface area contributed by atoms with Crippen molar-refractivity contribution in [3.05, 3.63) is 51.2 Å². The summed E-state index contributed by atoms with van der Waals surface area (Å²) in [6, 6.07) is 3.59. The number of rotatable bonds is 3. The minimum Gasteiger partial charge on any atom is -0.397 e. The lowest BCUT2D eigenvalue weighted by Crippen LogP contribution is -2.26. The van der Waals surface area contributed by atoms with Gasteiger partial charge in [0.1, 0.15) is 9.71 Å². The van der Waals surface area contributed by atoms with Gasteiger partial charge in [0, 0.05) is 17.8 Å². The van der Waals surface area contributed by atoms with E-state index in [-0.39, 0.29) is 11.9 Å². The molecular weight excluding hydrogens is 344 g/mol. The number of thiophene rings is 1. The minimum absolute atomic E-state index is 0.149. The number of aromatic nitrogens is 2. The highest BCUT2D eigenvalue weighted by atomic mass is 35.5. The van der Waals surface area contributed by atoms with Gasteiger partial charge >= 0.3 is 0 Å². The number of amides is 1. The lowest BCUT2D eigenvalue weighted by atomic mass is 10.1. The number of nitrogen functional groups attached to an aromatic ring is 1. The van der Waals surface area contributed by atoms with Gasteiger partial charge in [-0.15, -0.1) is 11.3 Å². The Morgan fingerprint density at radius 2 is 2.00 bits per heavy atom. The topological polar surface area (TPSA) is 80.9 Å². The maximum Gasteiger partial charge on any atom is 0.264 e. The number of anilines is 1. The van der Waals surface area contributed by atoms with Crippen molar-refractivity contribution in [3.8, 4) is 0 Å². The average molecular weight is 361 g/mol. The quantitative estimate of drug-likeness (QED) is 0.738. The SMILES string of the molecule is Cc1nc2sc(C(=O)NC(C)c3ccncc3)c(N)c2c(C)c1Cl. The molecule has 0 bridgehead atoms. The fourth-order valence-corrected chi connectivity index (χ4v) is 3.86. The largest absolute Gasteiger partial charge is 0.397 e. The van der Waals surface area contributed by atoms with E-state index in [1.165, 1.54) is 11.3 Å². The third-order valence-corrected chi connectivity index (χ3v) is 5.63. The van der Waals surface area contributed by atoms with Crippen molar-refractivity contribution in [3.63, 3.8) is 0 Å². The number of carbonyl (C=O) groups excluding carboxylic acids is 1. The van der Waals surface area contributed by atoms with Crippen molar-refractivity contribution >= 4 is 44.7 Å². The standard InChI is InChI=1S/C17H17ClN4OS/c1-8-12-14(19)15(24-17(12)22-10(3)13(8)18)16(23)21-9(2)11-4-6-20-7-5-11/h4-7,9H,19H2,1-3H3,(H,21,23). The molecule has 7 heteroatoms. The highest BCUT2D eigenvalue weighted by Crippen LogP contribution is 2.38. The fraction of sp³-hybridized carbons (Fsp3) is 0.235. The molecule has 0 aliphatic rings. The van der Waals surface area contributed by atoms with E-state index < -0.39 is 0 Å². The first-order chi connectivity index (χ1) is 11.4. The molecule has 0 saturated carbocycles. The lowest BCUT2D eigenvalue weighted by molar-refractivity contribution is 0.0945. The van der Waals surface area contributed by atoms with E-state index in [2.05, 4.69) is 15.3 Å². The summed E-state index contributed by atoms with van der Waals surface area (Å²) in [7, 11) is 0. The third kappa shape index (κ3) is 2.83. The zero-order valence-electron chi connectivity index (χ0n) is 13.6. The molecule has 24 heavy (non-hydrogen) atoms. The minimum atomic E-state index is -0.215. The molecule has 3 N–H and O–H groups in total. The molecule has 3 aromatic rings. The molecule has 3 rings (SSSR count). The number of nitrogens with one attached hydrogen (secondary N) is 1. The normalized spacial score (nSPS) is 12.3. The summed E-state index contributed by atoms with van der Waals surface area (Å²) in [5, 5.41) is 4.31. The maximum absolute atomic E-state index is 12.6. The first-order valence-corrected chi connectivity index (χ1v) is 8.65. The van der Waals surface area contributed by atoms with E-state index >= 15 is 0 Å². The highest BCUT2D eigenvalue weighted by Gasteiger charge is 2.22. The molecule has 0 aromatic carbocycles. The predicted molar refractivity (Wildman–Crippen MR) is 98.6 cm³/mol. The van der Waals surface area contributed by atoms with Gasteiger partial charge in [-0.1, -0.05) is 11.6 Å². The Bertz CT molecular complexity index is 923.